The molecule has 0 saturated heterocycles. The lowest BCUT2D eigenvalue weighted by molar-refractivity contribution is -0.133. The standard InChI is InChI=1S/C16H12O2S/c17-16-15(12-4-2-1-3-5-12)14(10-18-16)11-6-8-13(19)9-7-11/h1-9,19H,10H2. The molecule has 0 spiro atoms. The second-order valence-electron chi connectivity index (χ2n) is 4.34. The van der Waals surface area contributed by atoms with E-state index in [0.29, 0.717) is 12.2 Å². The van der Waals surface area contributed by atoms with E-state index in [1.165, 1.54) is 0 Å². The highest BCUT2D eigenvalue weighted by molar-refractivity contribution is 7.80. The smallest absolute Gasteiger partial charge is 0.339 e. The normalized spacial score (nSPS) is 14.7. The first-order valence-electron chi connectivity index (χ1n) is 6.01. The Morgan fingerprint density at radius 3 is 2.26 bits per heavy atom. The van der Waals surface area contributed by atoms with Gasteiger partial charge in [0.25, 0.3) is 0 Å². The summed E-state index contributed by atoms with van der Waals surface area (Å²) in [5, 5.41) is 0. The van der Waals surface area contributed by atoms with Crippen LogP contribution in [0.25, 0.3) is 11.1 Å². The molecule has 0 aromatic heterocycles. The zero-order valence-electron chi connectivity index (χ0n) is 10.2. The van der Waals surface area contributed by atoms with E-state index >= 15 is 0 Å². The molecule has 3 heteroatoms. The van der Waals surface area contributed by atoms with Crippen molar-refractivity contribution in [1.82, 2.24) is 0 Å². The second-order valence-corrected chi connectivity index (χ2v) is 4.86. The van der Waals surface area contributed by atoms with Crippen molar-refractivity contribution < 1.29 is 9.53 Å². The van der Waals surface area contributed by atoms with E-state index in [1.807, 2.05) is 54.6 Å². The largest absolute Gasteiger partial charge is 0.457 e. The summed E-state index contributed by atoms with van der Waals surface area (Å²) in [7, 11) is 0. The molecule has 2 nitrogen and oxygen atoms in total. The lowest BCUT2D eigenvalue weighted by Gasteiger charge is -2.04. The highest BCUT2D eigenvalue weighted by atomic mass is 32.1. The number of benzene rings is 2. The maximum Gasteiger partial charge on any atom is 0.339 e. The fraction of sp³-hybridized carbons (Fsp3) is 0.0625. The first-order valence-corrected chi connectivity index (χ1v) is 6.45. The maximum absolute atomic E-state index is 11.9. The zero-order chi connectivity index (χ0) is 13.2. The number of hydrogen-bond donors (Lipinski definition) is 1. The lowest BCUT2D eigenvalue weighted by Crippen LogP contribution is -1.98. The number of cyclic esters (lactones) is 1. The highest BCUT2D eigenvalue weighted by Gasteiger charge is 2.26. The van der Waals surface area contributed by atoms with Gasteiger partial charge in [-0.1, -0.05) is 42.5 Å². The van der Waals surface area contributed by atoms with Crippen molar-refractivity contribution in [2.24, 2.45) is 0 Å². The molecule has 0 bridgehead atoms. The molecule has 1 heterocycles. The van der Waals surface area contributed by atoms with Gasteiger partial charge in [0.1, 0.15) is 6.61 Å². The molecule has 0 atom stereocenters. The molecule has 0 fully saturated rings. The van der Waals surface area contributed by atoms with Crippen LogP contribution < -0.4 is 0 Å². The van der Waals surface area contributed by atoms with Gasteiger partial charge in [0.05, 0.1) is 5.57 Å². The van der Waals surface area contributed by atoms with E-state index in [0.717, 1.165) is 21.6 Å². The molecule has 2 aromatic rings. The van der Waals surface area contributed by atoms with Gasteiger partial charge in [-0.2, -0.15) is 0 Å². The Kier molecular flexibility index (Phi) is 3.13. The predicted molar refractivity (Wildman–Crippen MR) is 77.9 cm³/mol. The van der Waals surface area contributed by atoms with Gasteiger partial charge >= 0.3 is 5.97 Å². The van der Waals surface area contributed by atoms with Crippen LogP contribution in [0, 0.1) is 0 Å². The van der Waals surface area contributed by atoms with Crippen LogP contribution in [0.3, 0.4) is 0 Å². The summed E-state index contributed by atoms with van der Waals surface area (Å²) >= 11 is 4.27. The molecule has 0 unspecified atom stereocenters. The summed E-state index contributed by atoms with van der Waals surface area (Å²) in [6.07, 6.45) is 0. The molecule has 0 N–H and O–H groups in total. The molecular weight excluding hydrogens is 256 g/mol. The average Bonchev–Trinajstić information content (AvgIpc) is 2.82. The highest BCUT2D eigenvalue weighted by Crippen LogP contribution is 2.32. The van der Waals surface area contributed by atoms with E-state index in [1.54, 1.807) is 0 Å². The molecular formula is C16H12O2S. The Bertz CT molecular complexity index is 642. The summed E-state index contributed by atoms with van der Waals surface area (Å²) < 4.78 is 5.19. The van der Waals surface area contributed by atoms with Crippen molar-refractivity contribution in [3.05, 3.63) is 65.7 Å². The molecule has 3 rings (SSSR count). The maximum atomic E-state index is 11.9. The van der Waals surface area contributed by atoms with Crippen molar-refractivity contribution in [2.75, 3.05) is 6.61 Å². The van der Waals surface area contributed by atoms with Gasteiger partial charge in [-0.05, 0) is 23.3 Å². The number of carbonyl (C=O) groups is 1. The van der Waals surface area contributed by atoms with Crippen LogP contribution in [0.4, 0.5) is 0 Å². The predicted octanol–water partition coefficient (Wildman–Crippen LogP) is 3.44. The Balaban J connectivity index is 2.13. The number of rotatable bonds is 2. The Hall–Kier alpha value is -2.00. The fourth-order valence-electron chi connectivity index (χ4n) is 2.19. The van der Waals surface area contributed by atoms with Crippen LogP contribution in [0.15, 0.2) is 59.5 Å². The molecule has 0 aliphatic carbocycles. The van der Waals surface area contributed by atoms with Gasteiger partial charge in [0.2, 0.25) is 0 Å². The van der Waals surface area contributed by atoms with Crippen molar-refractivity contribution in [1.29, 1.82) is 0 Å². The van der Waals surface area contributed by atoms with E-state index in [4.69, 9.17) is 4.74 Å². The fourth-order valence-corrected chi connectivity index (χ4v) is 2.34. The number of hydrogen-bond acceptors (Lipinski definition) is 3. The van der Waals surface area contributed by atoms with Gasteiger partial charge in [-0.15, -0.1) is 12.6 Å². The first kappa shape index (κ1) is 12.1. The minimum absolute atomic E-state index is 0.254. The van der Waals surface area contributed by atoms with E-state index < -0.39 is 0 Å². The van der Waals surface area contributed by atoms with Gasteiger partial charge in [0.15, 0.2) is 0 Å². The zero-order valence-corrected chi connectivity index (χ0v) is 11.1. The van der Waals surface area contributed by atoms with Crippen LogP contribution in [0.5, 0.6) is 0 Å². The minimum Gasteiger partial charge on any atom is -0.457 e. The van der Waals surface area contributed by atoms with Crippen LogP contribution in [-0.2, 0) is 9.53 Å². The van der Waals surface area contributed by atoms with Gasteiger partial charge < -0.3 is 4.74 Å². The lowest BCUT2D eigenvalue weighted by atomic mass is 9.97. The van der Waals surface area contributed by atoms with Gasteiger partial charge in [-0.3, -0.25) is 0 Å². The molecule has 0 radical (unpaired) electrons. The Morgan fingerprint density at radius 2 is 1.58 bits per heavy atom. The number of ether oxygens (including phenoxy) is 1. The molecule has 0 amide bonds. The van der Waals surface area contributed by atoms with Crippen molar-refractivity contribution >= 4 is 29.7 Å². The monoisotopic (exact) mass is 268 g/mol. The SMILES string of the molecule is O=C1OCC(c2ccc(S)cc2)=C1c1ccccc1. The Morgan fingerprint density at radius 1 is 0.895 bits per heavy atom. The summed E-state index contributed by atoms with van der Waals surface area (Å²) in [4.78, 5) is 12.8. The summed E-state index contributed by atoms with van der Waals surface area (Å²) in [5.74, 6) is -0.254. The summed E-state index contributed by atoms with van der Waals surface area (Å²) in [5.41, 5.74) is 3.49. The third-order valence-electron chi connectivity index (χ3n) is 3.13. The Labute approximate surface area is 117 Å². The molecule has 1 aliphatic rings. The summed E-state index contributed by atoms with van der Waals surface area (Å²) in [6.45, 7) is 0.328. The number of esters is 1. The quantitative estimate of drug-likeness (QED) is 0.667. The summed E-state index contributed by atoms with van der Waals surface area (Å²) in [6, 6.07) is 17.4. The molecule has 2 aromatic carbocycles. The van der Waals surface area contributed by atoms with Crippen LogP contribution in [0.2, 0.25) is 0 Å². The molecule has 0 saturated carbocycles. The van der Waals surface area contributed by atoms with E-state index in [9.17, 15) is 4.79 Å². The van der Waals surface area contributed by atoms with Crippen LogP contribution in [-0.4, -0.2) is 12.6 Å². The number of carbonyl (C=O) groups excluding carboxylic acids is 1. The van der Waals surface area contributed by atoms with Crippen molar-refractivity contribution in [2.45, 2.75) is 4.90 Å². The third kappa shape index (κ3) is 2.29. The molecule has 1 aliphatic heterocycles. The molecule has 19 heavy (non-hydrogen) atoms. The average molecular weight is 268 g/mol. The molecule has 94 valence electrons. The van der Waals surface area contributed by atoms with E-state index in [2.05, 4.69) is 12.6 Å². The number of thiol groups is 1. The van der Waals surface area contributed by atoms with Gasteiger partial charge in [0, 0.05) is 10.5 Å². The van der Waals surface area contributed by atoms with Gasteiger partial charge in [-0.25, -0.2) is 4.79 Å². The second kappa shape index (κ2) is 4.94. The van der Waals surface area contributed by atoms with Crippen LogP contribution >= 0.6 is 12.6 Å². The third-order valence-corrected chi connectivity index (χ3v) is 3.43. The van der Waals surface area contributed by atoms with Crippen molar-refractivity contribution in [3.63, 3.8) is 0 Å². The van der Waals surface area contributed by atoms with E-state index in [-0.39, 0.29) is 5.97 Å². The first-order chi connectivity index (χ1) is 9.25. The van der Waals surface area contributed by atoms with Crippen molar-refractivity contribution in [3.8, 4) is 0 Å². The van der Waals surface area contributed by atoms with Crippen LogP contribution in [0.1, 0.15) is 11.1 Å². The topological polar surface area (TPSA) is 26.3 Å². The minimum atomic E-state index is -0.254.